The molecule has 4 rings (SSSR count). The van der Waals surface area contributed by atoms with Crippen LogP contribution in [-0.4, -0.2) is 50.2 Å². The summed E-state index contributed by atoms with van der Waals surface area (Å²) in [6.07, 6.45) is 5.46. The zero-order valence-corrected chi connectivity index (χ0v) is 22.2. The highest BCUT2D eigenvalue weighted by molar-refractivity contribution is 7.92. The van der Waals surface area contributed by atoms with Crippen LogP contribution in [0.25, 0.3) is 22.4 Å². The number of furan rings is 1. The molecule has 2 aromatic heterocycles. The van der Waals surface area contributed by atoms with Crippen LogP contribution >= 0.6 is 0 Å². The van der Waals surface area contributed by atoms with Crippen molar-refractivity contribution in [3.05, 3.63) is 47.0 Å². The molecule has 2 heterocycles. The van der Waals surface area contributed by atoms with Gasteiger partial charge in [-0.3, -0.25) is 13.9 Å². The first kappa shape index (κ1) is 26.7. The SMILES string of the molecule is CCc1ccc(-c2oc3nc(N(CCCCCC(=O)O)S(C)(=O)=O)c(C4CC4)cc3c2C(=O)NC)cc1. The fourth-order valence-corrected chi connectivity index (χ4v) is 5.43. The Kier molecular flexibility index (Phi) is 7.87. The second kappa shape index (κ2) is 10.9. The molecule has 37 heavy (non-hydrogen) atoms. The number of amides is 1. The lowest BCUT2D eigenvalue weighted by molar-refractivity contribution is -0.137. The first-order chi connectivity index (χ1) is 17.6. The Hall–Kier alpha value is -3.40. The molecule has 0 radical (unpaired) electrons. The van der Waals surface area contributed by atoms with Crippen molar-refractivity contribution in [1.29, 1.82) is 0 Å². The number of carbonyl (C=O) groups excluding carboxylic acids is 1. The number of nitrogens with one attached hydrogen (secondary N) is 1. The maximum Gasteiger partial charge on any atom is 0.303 e. The minimum atomic E-state index is -3.67. The summed E-state index contributed by atoms with van der Waals surface area (Å²) in [5, 5.41) is 12.1. The molecule has 3 aromatic rings. The van der Waals surface area contributed by atoms with Gasteiger partial charge in [-0.15, -0.1) is 0 Å². The summed E-state index contributed by atoms with van der Waals surface area (Å²) >= 11 is 0. The highest BCUT2D eigenvalue weighted by Crippen LogP contribution is 2.46. The van der Waals surface area contributed by atoms with E-state index in [1.54, 1.807) is 7.05 Å². The van der Waals surface area contributed by atoms with E-state index in [0.29, 0.717) is 41.8 Å². The number of aryl methyl sites for hydroxylation is 1. The monoisotopic (exact) mass is 527 g/mol. The van der Waals surface area contributed by atoms with E-state index in [4.69, 9.17) is 14.5 Å². The van der Waals surface area contributed by atoms with Crippen molar-refractivity contribution in [3.63, 3.8) is 0 Å². The van der Waals surface area contributed by atoms with Crippen LogP contribution in [0.3, 0.4) is 0 Å². The van der Waals surface area contributed by atoms with Crippen molar-refractivity contribution in [1.82, 2.24) is 10.3 Å². The summed E-state index contributed by atoms with van der Waals surface area (Å²) in [6.45, 7) is 2.25. The molecule has 1 fully saturated rings. The summed E-state index contributed by atoms with van der Waals surface area (Å²) in [7, 11) is -2.11. The smallest absolute Gasteiger partial charge is 0.303 e. The summed E-state index contributed by atoms with van der Waals surface area (Å²) in [5.41, 5.74) is 3.25. The lowest BCUT2D eigenvalue weighted by atomic mass is 10.0. The van der Waals surface area contributed by atoms with Crippen molar-refractivity contribution < 1.29 is 27.5 Å². The van der Waals surface area contributed by atoms with Crippen LogP contribution < -0.4 is 9.62 Å². The first-order valence-corrected chi connectivity index (χ1v) is 14.5. The van der Waals surface area contributed by atoms with Crippen molar-refractivity contribution in [2.75, 3.05) is 24.2 Å². The highest BCUT2D eigenvalue weighted by Gasteiger charge is 2.34. The molecule has 0 aliphatic heterocycles. The molecule has 9 nitrogen and oxygen atoms in total. The molecule has 1 amide bonds. The number of rotatable bonds is 12. The van der Waals surface area contributed by atoms with E-state index >= 15 is 0 Å². The quantitative estimate of drug-likeness (QED) is 0.326. The van der Waals surface area contributed by atoms with Gasteiger partial charge in [0.15, 0.2) is 0 Å². The molecule has 198 valence electrons. The number of pyridine rings is 1. The van der Waals surface area contributed by atoms with Gasteiger partial charge >= 0.3 is 5.97 Å². The largest absolute Gasteiger partial charge is 0.481 e. The van der Waals surface area contributed by atoms with Crippen LogP contribution in [-0.2, 0) is 21.2 Å². The van der Waals surface area contributed by atoms with E-state index in [2.05, 4.69) is 12.2 Å². The van der Waals surface area contributed by atoms with Crippen LogP contribution in [0.5, 0.6) is 0 Å². The Balaban J connectivity index is 1.81. The predicted octanol–water partition coefficient (Wildman–Crippen LogP) is 4.71. The lowest BCUT2D eigenvalue weighted by Gasteiger charge is -2.23. The molecule has 0 atom stereocenters. The third-order valence-corrected chi connectivity index (χ3v) is 7.83. The molecular weight excluding hydrogens is 494 g/mol. The Bertz CT molecular complexity index is 1410. The fourth-order valence-electron chi connectivity index (χ4n) is 4.51. The van der Waals surface area contributed by atoms with Crippen LogP contribution in [0, 0.1) is 0 Å². The number of aliphatic carboxylic acids is 1. The number of sulfonamides is 1. The van der Waals surface area contributed by atoms with E-state index in [-0.39, 0.29) is 30.5 Å². The molecule has 0 bridgehead atoms. The van der Waals surface area contributed by atoms with Crippen LogP contribution in [0.2, 0.25) is 0 Å². The van der Waals surface area contributed by atoms with Gasteiger partial charge in [-0.2, -0.15) is 4.98 Å². The maximum absolute atomic E-state index is 13.0. The summed E-state index contributed by atoms with van der Waals surface area (Å²) in [6, 6.07) is 9.65. The van der Waals surface area contributed by atoms with Gasteiger partial charge in [0.1, 0.15) is 11.6 Å². The predicted molar refractivity (Wildman–Crippen MR) is 142 cm³/mol. The van der Waals surface area contributed by atoms with Gasteiger partial charge in [0.05, 0.1) is 17.2 Å². The average molecular weight is 528 g/mol. The molecule has 1 aliphatic rings. The van der Waals surface area contributed by atoms with Crippen molar-refractivity contribution in [2.24, 2.45) is 0 Å². The van der Waals surface area contributed by atoms with Gasteiger partial charge in [-0.05, 0) is 55.2 Å². The molecule has 1 aliphatic carbocycles. The number of unbranched alkanes of at least 4 members (excludes halogenated alkanes) is 2. The van der Waals surface area contributed by atoms with E-state index in [1.165, 1.54) is 4.31 Å². The number of hydrogen-bond acceptors (Lipinski definition) is 6. The van der Waals surface area contributed by atoms with Crippen LogP contribution in [0.4, 0.5) is 5.82 Å². The van der Waals surface area contributed by atoms with Gasteiger partial charge in [0, 0.05) is 25.6 Å². The summed E-state index contributed by atoms with van der Waals surface area (Å²) < 4.78 is 33.1. The first-order valence-electron chi connectivity index (χ1n) is 12.6. The lowest BCUT2D eigenvalue weighted by Crippen LogP contribution is -2.32. The van der Waals surface area contributed by atoms with Crippen molar-refractivity contribution >= 4 is 38.8 Å². The average Bonchev–Trinajstić information content (AvgIpc) is 3.64. The zero-order valence-electron chi connectivity index (χ0n) is 21.4. The zero-order chi connectivity index (χ0) is 26.7. The van der Waals surface area contributed by atoms with Crippen molar-refractivity contribution in [2.45, 2.75) is 57.8 Å². The van der Waals surface area contributed by atoms with E-state index < -0.39 is 16.0 Å². The Morgan fingerprint density at radius 1 is 1.16 bits per heavy atom. The number of fused-ring (bicyclic) bond motifs is 1. The number of carboxylic acids is 1. The van der Waals surface area contributed by atoms with Crippen LogP contribution in [0.15, 0.2) is 34.7 Å². The summed E-state index contributed by atoms with van der Waals surface area (Å²) in [5.74, 6) is -0.303. The van der Waals surface area contributed by atoms with Gasteiger partial charge in [-0.25, -0.2) is 8.42 Å². The molecular formula is C27H33N3O6S. The van der Waals surface area contributed by atoms with Gasteiger partial charge in [0.2, 0.25) is 15.7 Å². The van der Waals surface area contributed by atoms with Crippen molar-refractivity contribution in [3.8, 4) is 11.3 Å². The van der Waals surface area contributed by atoms with Gasteiger partial charge in [0.25, 0.3) is 5.91 Å². The maximum atomic E-state index is 13.0. The van der Waals surface area contributed by atoms with E-state index in [9.17, 15) is 18.0 Å². The number of benzene rings is 1. The highest BCUT2D eigenvalue weighted by atomic mass is 32.2. The Morgan fingerprint density at radius 2 is 1.86 bits per heavy atom. The molecule has 0 saturated heterocycles. The Morgan fingerprint density at radius 3 is 2.43 bits per heavy atom. The molecule has 10 heteroatoms. The second-order valence-electron chi connectivity index (χ2n) is 9.50. The minimum Gasteiger partial charge on any atom is -0.481 e. The second-order valence-corrected chi connectivity index (χ2v) is 11.4. The van der Waals surface area contributed by atoms with E-state index in [1.807, 2.05) is 30.3 Å². The molecule has 1 aromatic carbocycles. The topological polar surface area (TPSA) is 130 Å². The van der Waals surface area contributed by atoms with E-state index in [0.717, 1.165) is 42.2 Å². The summed E-state index contributed by atoms with van der Waals surface area (Å²) in [4.78, 5) is 28.5. The fraction of sp³-hybridized carbons (Fsp3) is 0.444. The normalized spacial score (nSPS) is 13.6. The Labute approximate surface area is 216 Å². The standard InChI is InChI=1S/C27H33N3O6S/c1-4-17-9-11-19(12-10-17)24-23(26(33)28-2)21-16-20(18-13-14-18)25(29-27(21)36-24)30(37(3,34)35)15-7-5-6-8-22(31)32/h9-12,16,18H,4-8,13-15H2,1-3H3,(H,28,33)(H,31,32). The minimum absolute atomic E-state index is 0.0487. The number of hydrogen-bond donors (Lipinski definition) is 2. The van der Waals surface area contributed by atoms with Gasteiger partial charge < -0.3 is 14.8 Å². The van der Waals surface area contributed by atoms with Crippen LogP contribution in [0.1, 0.15) is 72.9 Å². The molecule has 1 saturated carbocycles. The molecule has 0 unspecified atom stereocenters. The molecule has 2 N–H and O–H groups in total. The number of carboxylic acid groups (broad SMARTS) is 1. The third-order valence-electron chi connectivity index (χ3n) is 6.68. The number of anilines is 1. The van der Waals surface area contributed by atoms with Gasteiger partial charge in [-0.1, -0.05) is 37.6 Å². The number of aromatic nitrogens is 1. The number of nitrogens with zero attached hydrogens (tertiary/aromatic N) is 2. The third kappa shape index (κ3) is 5.95. The number of carbonyl (C=O) groups is 2. The molecule has 0 spiro atoms.